The van der Waals surface area contributed by atoms with Crippen LogP contribution in [0.4, 0.5) is 0 Å². The smallest absolute Gasteiger partial charge is 0.318 e. The largest absolute Gasteiger partial charge is 0.467 e. The molecule has 1 aliphatic rings. The lowest BCUT2D eigenvalue weighted by Gasteiger charge is -2.09. The topological polar surface area (TPSA) is 47.9 Å². The summed E-state index contributed by atoms with van der Waals surface area (Å²) >= 11 is 0. The molecule has 2 heterocycles. The van der Waals surface area contributed by atoms with Gasteiger partial charge in [0.05, 0.1) is 12.8 Å². The van der Waals surface area contributed by atoms with Crippen molar-refractivity contribution in [3.05, 3.63) is 47.7 Å². The fourth-order valence-corrected chi connectivity index (χ4v) is 2.90. The molecule has 0 fully saturated rings. The van der Waals surface area contributed by atoms with Crippen LogP contribution >= 0.6 is 0 Å². The Morgan fingerprint density at radius 2 is 1.86 bits per heavy atom. The first kappa shape index (κ1) is 12.3. The molecule has 3 aromatic rings. The fourth-order valence-electron chi connectivity index (χ4n) is 2.90. The summed E-state index contributed by atoms with van der Waals surface area (Å²) in [7, 11) is 1.59. The van der Waals surface area contributed by atoms with Gasteiger partial charge < -0.3 is 4.74 Å². The molecule has 0 N–H and O–H groups in total. The predicted molar refractivity (Wildman–Crippen MR) is 81.3 cm³/mol. The average Bonchev–Trinajstić information content (AvgIpc) is 2.99. The number of hydrogen-bond acceptors (Lipinski definition) is 4. The molecule has 0 amide bonds. The number of nitrogens with zero attached hydrogens (tertiary/aromatic N) is 3. The van der Waals surface area contributed by atoms with Crippen LogP contribution in [0.25, 0.3) is 22.3 Å². The number of benzene rings is 1. The number of fused-ring (bicyclic) bond motifs is 2. The third-order valence-corrected chi connectivity index (χ3v) is 3.92. The van der Waals surface area contributed by atoms with Crippen molar-refractivity contribution < 1.29 is 4.74 Å². The van der Waals surface area contributed by atoms with E-state index in [4.69, 9.17) is 9.72 Å². The van der Waals surface area contributed by atoms with Gasteiger partial charge in [0.1, 0.15) is 0 Å². The number of pyridine rings is 1. The van der Waals surface area contributed by atoms with Crippen LogP contribution in [-0.4, -0.2) is 22.1 Å². The van der Waals surface area contributed by atoms with E-state index in [1.807, 2.05) is 18.2 Å². The van der Waals surface area contributed by atoms with Gasteiger partial charge >= 0.3 is 6.01 Å². The van der Waals surface area contributed by atoms with Crippen molar-refractivity contribution in [2.75, 3.05) is 7.11 Å². The molecule has 0 spiro atoms. The van der Waals surface area contributed by atoms with Gasteiger partial charge in [0, 0.05) is 16.6 Å². The summed E-state index contributed by atoms with van der Waals surface area (Å²) in [5.74, 6) is 0. The van der Waals surface area contributed by atoms with Crippen LogP contribution in [0.15, 0.2) is 36.4 Å². The first-order valence-electron chi connectivity index (χ1n) is 7.15. The minimum absolute atomic E-state index is 0.367. The van der Waals surface area contributed by atoms with Crippen molar-refractivity contribution in [1.29, 1.82) is 0 Å². The number of aromatic nitrogens is 3. The van der Waals surface area contributed by atoms with Crippen LogP contribution < -0.4 is 4.74 Å². The highest BCUT2D eigenvalue weighted by Crippen LogP contribution is 2.31. The molecule has 0 saturated carbocycles. The first-order chi connectivity index (χ1) is 10.3. The van der Waals surface area contributed by atoms with E-state index in [1.54, 1.807) is 7.11 Å². The van der Waals surface area contributed by atoms with Crippen LogP contribution in [0.3, 0.4) is 0 Å². The van der Waals surface area contributed by atoms with Crippen molar-refractivity contribution in [3.63, 3.8) is 0 Å². The van der Waals surface area contributed by atoms with Gasteiger partial charge in [-0.15, -0.1) is 0 Å². The lowest BCUT2D eigenvalue weighted by Crippen LogP contribution is -1.99. The Hall–Kier alpha value is -2.49. The van der Waals surface area contributed by atoms with E-state index in [0.717, 1.165) is 35.1 Å². The molecule has 0 unspecified atom stereocenters. The van der Waals surface area contributed by atoms with E-state index >= 15 is 0 Å². The second-order valence-electron chi connectivity index (χ2n) is 5.24. The van der Waals surface area contributed by atoms with E-state index < -0.39 is 0 Å². The van der Waals surface area contributed by atoms with Crippen LogP contribution in [0, 0.1) is 0 Å². The minimum atomic E-state index is 0.367. The molecule has 0 radical (unpaired) electrons. The first-order valence-corrected chi connectivity index (χ1v) is 7.15. The number of methoxy groups -OCH3 is 1. The quantitative estimate of drug-likeness (QED) is 0.721. The lowest BCUT2D eigenvalue weighted by atomic mass is 10.1. The molecule has 4 rings (SSSR count). The van der Waals surface area contributed by atoms with Gasteiger partial charge in [-0.1, -0.05) is 30.3 Å². The summed E-state index contributed by atoms with van der Waals surface area (Å²) in [5.41, 5.74) is 5.17. The Kier molecular flexibility index (Phi) is 2.81. The van der Waals surface area contributed by atoms with E-state index in [2.05, 4.69) is 28.2 Å². The standard InChI is InChI=1S/C17H15N3O/c1-21-17-19-15(11-6-3-2-4-7-11)13-10-12-8-5-9-14(12)18-16(13)20-17/h2-4,6-7,10H,5,8-9H2,1H3. The molecule has 0 atom stereocenters. The Morgan fingerprint density at radius 3 is 2.67 bits per heavy atom. The molecule has 1 aliphatic carbocycles. The molecule has 0 saturated heterocycles. The van der Waals surface area contributed by atoms with Gasteiger partial charge in [-0.3, -0.25) is 0 Å². The third-order valence-electron chi connectivity index (χ3n) is 3.92. The van der Waals surface area contributed by atoms with Crippen LogP contribution in [0.5, 0.6) is 6.01 Å². The van der Waals surface area contributed by atoms with Gasteiger partial charge in [0.25, 0.3) is 0 Å². The maximum atomic E-state index is 5.24. The number of ether oxygens (including phenoxy) is 1. The van der Waals surface area contributed by atoms with E-state index in [9.17, 15) is 0 Å². The Morgan fingerprint density at radius 1 is 1.00 bits per heavy atom. The van der Waals surface area contributed by atoms with Crippen LogP contribution in [0.1, 0.15) is 17.7 Å². The average molecular weight is 277 g/mol. The van der Waals surface area contributed by atoms with Crippen LogP contribution in [-0.2, 0) is 12.8 Å². The Bertz CT molecular complexity index is 815. The monoisotopic (exact) mass is 277 g/mol. The summed E-state index contributed by atoms with van der Waals surface area (Å²) in [6, 6.07) is 12.7. The van der Waals surface area contributed by atoms with Crippen molar-refractivity contribution >= 4 is 11.0 Å². The molecule has 4 heteroatoms. The van der Waals surface area contributed by atoms with Crippen molar-refractivity contribution in [1.82, 2.24) is 15.0 Å². The fraction of sp³-hybridized carbons (Fsp3) is 0.235. The lowest BCUT2D eigenvalue weighted by molar-refractivity contribution is 0.382. The highest BCUT2D eigenvalue weighted by Gasteiger charge is 2.17. The highest BCUT2D eigenvalue weighted by molar-refractivity contribution is 5.91. The molecule has 4 nitrogen and oxygen atoms in total. The predicted octanol–water partition coefficient (Wildman–Crippen LogP) is 3.19. The normalized spacial score (nSPS) is 13.4. The second kappa shape index (κ2) is 4.81. The van der Waals surface area contributed by atoms with E-state index in [-0.39, 0.29) is 0 Å². The molecule has 0 bridgehead atoms. The molecule has 104 valence electrons. The summed E-state index contributed by atoms with van der Waals surface area (Å²) in [4.78, 5) is 13.7. The second-order valence-corrected chi connectivity index (χ2v) is 5.24. The molecule has 2 aromatic heterocycles. The highest BCUT2D eigenvalue weighted by atomic mass is 16.5. The van der Waals surface area contributed by atoms with Gasteiger partial charge in [0.2, 0.25) is 0 Å². The molecule has 21 heavy (non-hydrogen) atoms. The summed E-state index contributed by atoms with van der Waals surface area (Å²) < 4.78 is 5.24. The van der Waals surface area contributed by atoms with Crippen molar-refractivity contribution in [2.24, 2.45) is 0 Å². The molecule has 1 aromatic carbocycles. The maximum absolute atomic E-state index is 5.24. The van der Waals surface area contributed by atoms with Crippen molar-refractivity contribution in [2.45, 2.75) is 19.3 Å². The Labute approximate surface area is 122 Å². The van der Waals surface area contributed by atoms with E-state index in [1.165, 1.54) is 17.7 Å². The number of rotatable bonds is 2. The van der Waals surface area contributed by atoms with Gasteiger partial charge in [-0.25, -0.2) is 4.98 Å². The van der Waals surface area contributed by atoms with Gasteiger partial charge in [0.15, 0.2) is 5.65 Å². The molecule has 0 aliphatic heterocycles. The van der Waals surface area contributed by atoms with Gasteiger partial charge in [-0.2, -0.15) is 9.97 Å². The third kappa shape index (κ3) is 2.03. The zero-order valence-electron chi connectivity index (χ0n) is 11.8. The zero-order valence-corrected chi connectivity index (χ0v) is 11.8. The van der Waals surface area contributed by atoms with Gasteiger partial charge in [-0.05, 0) is 30.9 Å². The summed E-state index contributed by atoms with van der Waals surface area (Å²) in [6.45, 7) is 0. The SMILES string of the molecule is COc1nc(-c2ccccc2)c2cc3c(nc2n1)CCC3. The van der Waals surface area contributed by atoms with Crippen molar-refractivity contribution in [3.8, 4) is 17.3 Å². The maximum Gasteiger partial charge on any atom is 0.318 e. The number of hydrogen-bond donors (Lipinski definition) is 0. The molecular weight excluding hydrogens is 262 g/mol. The van der Waals surface area contributed by atoms with E-state index in [0.29, 0.717) is 6.01 Å². The van der Waals surface area contributed by atoms with Crippen LogP contribution in [0.2, 0.25) is 0 Å². The number of aryl methyl sites for hydroxylation is 2. The summed E-state index contributed by atoms with van der Waals surface area (Å²) in [5, 5.41) is 1.00. The molecular formula is C17H15N3O. The minimum Gasteiger partial charge on any atom is -0.467 e. The summed E-state index contributed by atoms with van der Waals surface area (Å²) in [6.07, 6.45) is 3.31. The zero-order chi connectivity index (χ0) is 14.2. The Balaban J connectivity index is 2.04.